The number of halogens is 1. The van der Waals surface area contributed by atoms with Gasteiger partial charge in [-0.05, 0) is 24.6 Å². The molecule has 1 aliphatic rings. The number of likely N-dealkylation sites (N-methyl/N-ethyl adjacent to an activating group) is 1. The van der Waals surface area contributed by atoms with Crippen LogP contribution in [-0.2, 0) is 16.0 Å². The molecule has 2 aromatic rings. The third kappa shape index (κ3) is 3.45. The van der Waals surface area contributed by atoms with Crippen molar-refractivity contribution in [2.45, 2.75) is 20.3 Å². The lowest BCUT2D eigenvalue weighted by molar-refractivity contribution is -0.131. The number of anilines is 1. The molecule has 0 saturated heterocycles. The molecule has 0 fully saturated rings. The van der Waals surface area contributed by atoms with Gasteiger partial charge in [0.25, 0.3) is 0 Å². The van der Waals surface area contributed by atoms with Gasteiger partial charge in [0, 0.05) is 36.0 Å². The Morgan fingerprint density at radius 3 is 2.76 bits per heavy atom. The number of nitrogens with zero attached hydrogens (tertiary/aromatic N) is 2. The fourth-order valence-corrected chi connectivity index (χ4v) is 3.96. The van der Waals surface area contributed by atoms with Crippen molar-refractivity contribution in [3.05, 3.63) is 45.3 Å². The SMILES string of the molecule is CCc1cc2c(s1)N(C)C(=O)CN=C2c1ccc(OC(C)=O)cc1Cl. The molecule has 130 valence electrons. The molecule has 1 aromatic carbocycles. The van der Waals surface area contributed by atoms with Gasteiger partial charge in [-0.2, -0.15) is 0 Å². The van der Waals surface area contributed by atoms with Gasteiger partial charge in [0.15, 0.2) is 0 Å². The van der Waals surface area contributed by atoms with Crippen LogP contribution in [0.4, 0.5) is 5.00 Å². The normalized spacial score (nSPS) is 14.0. The van der Waals surface area contributed by atoms with Crippen LogP contribution in [0.1, 0.15) is 29.9 Å². The summed E-state index contributed by atoms with van der Waals surface area (Å²) in [5.41, 5.74) is 2.29. The second kappa shape index (κ2) is 6.98. The molecule has 0 N–H and O–H groups in total. The zero-order valence-electron chi connectivity index (χ0n) is 14.1. The van der Waals surface area contributed by atoms with E-state index < -0.39 is 5.97 Å². The van der Waals surface area contributed by atoms with E-state index in [1.807, 2.05) is 0 Å². The van der Waals surface area contributed by atoms with Crippen LogP contribution in [0, 0.1) is 0 Å². The van der Waals surface area contributed by atoms with Gasteiger partial charge in [-0.25, -0.2) is 0 Å². The molecule has 3 rings (SSSR count). The van der Waals surface area contributed by atoms with E-state index in [2.05, 4.69) is 18.0 Å². The largest absolute Gasteiger partial charge is 0.427 e. The number of carbonyl (C=O) groups excluding carboxylic acids is 2. The van der Waals surface area contributed by atoms with Gasteiger partial charge < -0.3 is 9.64 Å². The lowest BCUT2D eigenvalue weighted by Gasteiger charge is -2.14. The molecule has 1 aromatic heterocycles. The number of aliphatic imine (C=N–C) groups is 1. The van der Waals surface area contributed by atoms with E-state index in [9.17, 15) is 9.59 Å². The third-order valence-corrected chi connectivity index (χ3v) is 5.54. The predicted molar refractivity (Wildman–Crippen MR) is 100 cm³/mol. The fraction of sp³-hybridized carbons (Fsp3) is 0.278. The number of ether oxygens (including phenoxy) is 1. The zero-order chi connectivity index (χ0) is 18.1. The first-order valence-electron chi connectivity index (χ1n) is 7.83. The number of thiophene rings is 1. The minimum Gasteiger partial charge on any atom is -0.427 e. The number of hydrogen-bond acceptors (Lipinski definition) is 5. The highest BCUT2D eigenvalue weighted by Crippen LogP contribution is 2.36. The van der Waals surface area contributed by atoms with Crippen LogP contribution in [-0.4, -0.2) is 31.2 Å². The van der Waals surface area contributed by atoms with E-state index in [-0.39, 0.29) is 12.5 Å². The molecule has 0 saturated carbocycles. The van der Waals surface area contributed by atoms with Gasteiger partial charge in [0.1, 0.15) is 17.3 Å². The maximum atomic E-state index is 12.2. The van der Waals surface area contributed by atoms with Gasteiger partial charge >= 0.3 is 5.97 Å². The number of hydrogen-bond donors (Lipinski definition) is 0. The molecular weight excluding hydrogens is 360 g/mol. The highest BCUT2D eigenvalue weighted by Gasteiger charge is 2.26. The Bertz CT molecular complexity index is 888. The lowest BCUT2D eigenvalue weighted by atomic mass is 10.0. The van der Waals surface area contributed by atoms with Crippen molar-refractivity contribution < 1.29 is 14.3 Å². The first kappa shape index (κ1) is 17.6. The highest BCUT2D eigenvalue weighted by molar-refractivity contribution is 7.16. The second-order valence-corrected chi connectivity index (χ2v) is 7.16. The van der Waals surface area contributed by atoms with Crippen LogP contribution < -0.4 is 9.64 Å². The molecular formula is C18H17ClN2O3S. The van der Waals surface area contributed by atoms with Crippen LogP contribution >= 0.6 is 22.9 Å². The maximum absolute atomic E-state index is 12.2. The number of rotatable bonds is 3. The molecule has 0 atom stereocenters. The van der Waals surface area contributed by atoms with E-state index in [0.29, 0.717) is 22.0 Å². The van der Waals surface area contributed by atoms with Crippen molar-refractivity contribution >= 4 is 45.5 Å². The Labute approximate surface area is 154 Å². The van der Waals surface area contributed by atoms with Gasteiger partial charge in [-0.1, -0.05) is 18.5 Å². The summed E-state index contributed by atoms with van der Waals surface area (Å²) in [5.74, 6) is -0.0904. The molecule has 0 aliphatic carbocycles. The average molecular weight is 377 g/mol. The molecule has 5 nitrogen and oxygen atoms in total. The van der Waals surface area contributed by atoms with Crippen LogP contribution in [0.25, 0.3) is 0 Å². The summed E-state index contributed by atoms with van der Waals surface area (Å²) in [6.07, 6.45) is 0.881. The molecule has 0 unspecified atom stereocenters. The van der Waals surface area contributed by atoms with Crippen LogP contribution in [0.5, 0.6) is 5.75 Å². The highest BCUT2D eigenvalue weighted by atomic mass is 35.5. The van der Waals surface area contributed by atoms with Crippen molar-refractivity contribution in [2.75, 3.05) is 18.5 Å². The van der Waals surface area contributed by atoms with Crippen molar-refractivity contribution in [1.29, 1.82) is 0 Å². The quantitative estimate of drug-likeness (QED) is 0.606. The van der Waals surface area contributed by atoms with Gasteiger partial charge in [-0.3, -0.25) is 14.6 Å². The number of aryl methyl sites for hydroxylation is 1. The maximum Gasteiger partial charge on any atom is 0.308 e. The number of fused-ring (bicyclic) bond motifs is 1. The van der Waals surface area contributed by atoms with Gasteiger partial charge in [0.2, 0.25) is 5.91 Å². The van der Waals surface area contributed by atoms with Gasteiger partial charge in [-0.15, -0.1) is 11.3 Å². The minimum absolute atomic E-state index is 0.0617. The van der Waals surface area contributed by atoms with E-state index in [0.717, 1.165) is 17.0 Å². The summed E-state index contributed by atoms with van der Waals surface area (Å²) < 4.78 is 5.06. The summed E-state index contributed by atoms with van der Waals surface area (Å²) in [6, 6.07) is 7.09. The third-order valence-electron chi connectivity index (χ3n) is 3.88. The van der Waals surface area contributed by atoms with Crippen LogP contribution in [0.15, 0.2) is 29.3 Å². The minimum atomic E-state index is -0.407. The number of carbonyl (C=O) groups is 2. The molecule has 0 bridgehead atoms. The van der Waals surface area contributed by atoms with Crippen molar-refractivity contribution in [3.63, 3.8) is 0 Å². The summed E-state index contributed by atoms with van der Waals surface area (Å²) in [7, 11) is 1.76. The Morgan fingerprint density at radius 2 is 2.12 bits per heavy atom. The summed E-state index contributed by atoms with van der Waals surface area (Å²) in [4.78, 5) is 30.7. The molecule has 25 heavy (non-hydrogen) atoms. The van der Waals surface area contributed by atoms with E-state index in [1.165, 1.54) is 11.8 Å². The Hall–Kier alpha value is -2.18. The molecule has 0 spiro atoms. The van der Waals surface area contributed by atoms with E-state index in [1.54, 1.807) is 41.5 Å². The van der Waals surface area contributed by atoms with E-state index in [4.69, 9.17) is 16.3 Å². The predicted octanol–water partition coefficient (Wildman–Crippen LogP) is 3.70. The molecule has 7 heteroatoms. The monoisotopic (exact) mass is 376 g/mol. The first-order chi connectivity index (χ1) is 11.9. The number of esters is 1. The average Bonchev–Trinajstić information content (AvgIpc) is 2.95. The Morgan fingerprint density at radius 1 is 1.36 bits per heavy atom. The van der Waals surface area contributed by atoms with Gasteiger partial charge in [0.05, 0.1) is 10.7 Å². The summed E-state index contributed by atoms with van der Waals surface area (Å²) >= 11 is 8.00. The van der Waals surface area contributed by atoms with Crippen molar-refractivity contribution in [2.24, 2.45) is 4.99 Å². The first-order valence-corrected chi connectivity index (χ1v) is 9.02. The molecule has 1 aliphatic heterocycles. The summed E-state index contributed by atoms with van der Waals surface area (Å²) in [6.45, 7) is 3.48. The fourth-order valence-electron chi connectivity index (χ4n) is 2.62. The summed E-state index contributed by atoms with van der Waals surface area (Å²) in [5, 5.41) is 1.29. The number of amides is 1. The van der Waals surface area contributed by atoms with Crippen molar-refractivity contribution in [1.82, 2.24) is 0 Å². The standard InChI is InChI=1S/C18H17ClN2O3S/c1-4-12-8-14-17(20-9-16(23)21(3)18(14)25-12)13-6-5-11(7-15(13)19)24-10(2)22/h5-8H,4,9H2,1-3H3. The molecule has 1 amide bonds. The topological polar surface area (TPSA) is 59.0 Å². The van der Waals surface area contributed by atoms with Crippen molar-refractivity contribution in [3.8, 4) is 5.75 Å². The Balaban J connectivity index is 2.10. The number of benzene rings is 1. The lowest BCUT2D eigenvalue weighted by Crippen LogP contribution is -2.26. The van der Waals surface area contributed by atoms with Crippen LogP contribution in [0.2, 0.25) is 5.02 Å². The molecule has 0 radical (unpaired) electrons. The van der Waals surface area contributed by atoms with E-state index >= 15 is 0 Å². The molecule has 2 heterocycles. The smallest absolute Gasteiger partial charge is 0.308 e. The Kier molecular flexibility index (Phi) is 4.92. The zero-order valence-corrected chi connectivity index (χ0v) is 15.7. The second-order valence-electron chi connectivity index (χ2n) is 5.64. The van der Waals surface area contributed by atoms with Crippen LogP contribution in [0.3, 0.4) is 0 Å².